The van der Waals surface area contributed by atoms with E-state index in [1.54, 1.807) is 27.7 Å². The molecule has 2 atom stereocenters. The fourth-order valence-electron chi connectivity index (χ4n) is 2.98. The van der Waals surface area contributed by atoms with Gasteiger partial charge in [-0.3, -0.25) is 9.59 Å². The van der Waals surface area contributed by atoms with Gasteiger partial charge in [0, 0.05) is 24.8 Å². The average Bonchev–Trinajstić information content (AvgIpc) is 2.87. The summed E-state index contributed by atoms with van der Waals surface area (Å²) in [7, 11) is 1.26. The summed E-state index contributed by atoms with van der Waals surface area (Å²) in [5, 5.41) is 3.19. The molecule has 156 valence electrons. The van der Waals surface area contributed by atoms with Gasteiger partial charge in [0.1, 0.15) is 11.3 Å². The number of hydrogen-bond donors (Lipinski definition) is 2. The van der Waals surface area contributed by atoms with E-state index in [4.69, 9.17) is 32.7 Å². The predicted octanol–water partition coefficient (Wildman–Crippen LogP) is 3.16. The summed E-state index contributed by atoms with van der Waals surface area (Å²) >= 11 is 12.1. The van der Waals surface area contributed by atoms with E-state index in [1.807, 2.05) is 0 Å². The van der Waals surface area contributed by atoms with Crippen molar-refractivity contribution in [3.8, 4) is 0 Å². The Labute approximate surface area is 173 Å². The summed E-state index contributed by atoms with van der Waals surface area (Å²) in [5.41, 5.74) is 0.0492. The minimum Gasteiger partial charge on any atom is -0.469 e. The van der Waals surface area contributed by atoms with Crippen molar-refractivity contribution in [1.29, 1.82) is 0 Å². The van der Waals surface area contributed by atoms with E-state index in [0.717, 1.165) is 0 Å². The Balaban J connectivity index is 2.14. The number of piperidine rings is 1. The molecule has 10 heteroatoms. The summed E-state index contributed by atoms with van der Waals surface area (Å²) < 4.78 is 10.2. The third kappa shape index (κ3) is 5.11. The van der Waals surface area contributed by atoms with Gasteiger partial charge in [-0.2, -0.15) is 0 Å². The molecule has 0 bridgehead atoms. The molecule has 2 unspecified atom stereocenters. The highest BCUT2D eigenvalue weighted by atomic mass is 35.5. The number of nitrogens with zero attached hydrogens (tertiary/aromatic N) is 1. The highest BCUT2D eigenvalue weighted by Gasteiger charge is 2.39. The largest absolute Gasteiger partial charge is 0.469 e. The first kappa shape index (κ1) is 22.4. The summed E-state index contributed by atoms with van der Waals surface area (Å²) in [5.74, 6) is -1.74. The maximum Gasteiger partial charge on any atom is 0.410 e. The molecular weight excluding hydrogens is 409 g/mol. The third-order valence-electron chi connectivity index (χ3n) is 4.37. The lowest BCUT2D eigenvalue weighted by atomic mass is 9.92. The van der Waals surface area contributed by atoms with Gasteiger partial charge in [-0.15, -0.1) is 0 Å². The van der Waals surface area contributed by atoms with Crippen LogP contribution in [0.4, 0.5) is 4.79 Å². The molecule has 1 aromatic rings. The van der Waals surface area contributed by atoms with Crippen LogP contribution in [0.2, 0.25) is 10.0 Å². The molecule has 28 heavy (non-hydrogen) atoms. The van der Waals surface area contributed by atoms with E-state index in [0.29, 0.717) is 18.7 Å². The van der Waals surface area contributed by atoms with Gasteiger partial charge in [0.15, 0.2) is 0 Å². The zero-order valence-corrected chi connectivity index (χ0v) is 18.0. The lowest BCUT2D eigenvalue weighted by Gasteiger charge is -2.37. The zero-order valence-electron chi connectivity index (χ0n) is 16.5. The van der Waals surface area contributed by atoms with E-state index in [2.05, 4.69) is 10.3 Å². The number of methoxy groups -OCH3 is 1. The Kier molecular flexibility index (Phi) is 6.88. The summed E-state index contributed by atoms with van der Waals surface area (Å²) in [6, 6.07) is -0.530. The van der Waals surface area contributed by atoms with Gasteiger partial charge < -0.3 is 24.7 Å². The summed E-state index contributed by atoms with van der Waals surface area (Å²) in [6.07, 6.45) is -0.156. The van der Waals surface area contributed by atoms with Crippen molar-refractivity contribution in [2.24, 2.45) is 5.92 Å². The Bertz CT molecular complexity index is 772. The predicted molar refractivity (Wildman–Crippen MR) is 105 cm³/mol. The van der Waals surface area contributed by atoms with Gasteiger partial charge in [-0.05, 0) is 34.1 Å². The number of aryl methyl sites for hydroxylation is 1. The zero-order chi connectivity index (χ0) is 21.2. The van der Waals surface area contributed by atoms with Crippen LogP contribution in [0, 0.1) is 12.8 Å². The number of aromatic nitrogens is 1. The smallest absolute Gasteiger partial charge is 0.410 e. The molecule has 2 N–H and O–H groups in total. The van der Waals surface area contributed by atoms with Crippen LogP contribution in [0.3, 0.4) is 0 Å². The minimum atomic E-state index is -0.736. The molecule has 2 rings (SSSR count). The van der Waals surface area contributed by atoms with E-state index in [1.165, 1.54) is 12.0 Å². The van der Waals surface area contributed by atoms with Crippen LogP contribution >= 0.6 is 23.2 Å². The van der Waals surface area contributed by atoms with Gasteiger partial charge in [0.2, 0.25) is 0 Å². The van der Waals surface area contributed by atoms with Gasteiger partial charge in [-0.1, -0.05) is 23.2 Å². The number of esters is 1. The van der Waals surface area contributed by atoms with Crippen molar-refractivity contribution in [2.45, 2.75) is 45.8 Å². The minimum absolute atomic E-state index is 0.0742. The SMILES string of the molecule is COC(=O)C1CN(C(=O)OC(C)(C)C)CCC1NC(=O)c1[nH]c(C)c(Cl)c1Cl. The van der Waals surface area contributed by atoms with Crippen LogP contribution < -0.4 is 5.32 Å². The number of amides is 2. The third-order valence-corrected chi connectivity index (χ3v) is 5.31. The number of carbonyl (C=O) groups excluding carboxylic acids is 3. The van der Waals surface area contributed by atoms with Gasteiger partial charge >= 0.3 is 12.1 Å². The summed E-state index contributed by atoms with van der Waals surface area (Å²) in [4.78, 5) is 41.5. The van der Waals surface area contributed by atoms with Crippen LogP contribution in [-0.2, 0) is 14.3 Å². The van der Waals surface area contributed by atoms with Crippen molar-refractivity contribution in [3.63, 3.8) is 0 Å². The molecule has 0 aliphatic carbocycles. The van der Waals surface area contributed by atoms with E-state index in [-0.39, 0.29) is 22.3 Å². The van der Waals surface area contributed by atoms with Crippen molar-refractivity contribution >= 4 is 41.2 Å². The Morgan fingerprint density at radius 3 is 2.36 bits per heavy atom. The molecule has 0 saturated carbocycles. The number of hydrogen-bond acceptors (Lipinski definition) is 5. The first-order valence-corrected chi connectivity index (χ1v) is 9.60. The van der Waals surface area contributed by atoms with E-state index < -0.39 is 35.5 Å². The number of halogens is 2. The molecule has 1 aromatic heterocycles. The van der Waals surface area contributed by atoms with Crippen molar-refractivity contribution < 1.29 is 23.9 Å². The Morgan fingerprint density at radius 2 is 1.86 bits per heavy atom. The Hall–Kier alpha value is -1.93. The topological polar surface area (TPSA) is 101 Å². The normalized spacial score (nSPS) is 19.9. The van der Waals surface area contributed by atoms with E-state index >= 15 is 0 Å². The number of rotatable bonds is 3. The number of ether oxygens (including phenoxy) is 2. The maximum atomic E-state index is 12.6. The molecule has 8 nitrogen and oxygen atoms in total. The highest BCUT2D eigenvalue weighted by Crippen LogP contribution is 2.29. The average molecular weight is 434 g/mol. The van der Waals surface area contributed by atoms with E-state index in [9.17, 15) is 14.4 Å². The standard InChI is InChI=1S/C18H25Cl2N3O5/c1-9-12(19)13(20)14(21-9)15(24)22-11-6-7-23(8-10(11)16(25)27-5)17(26)28-18(2,3)4/h10-11,21H,6-8H2,1-5H3,(H,22,24). The lowest BCUT2D eigenvalue weighted by molar-refractivity contribution is -0.148. The second kappa shape index (κ2) is 8.61. The fourth-order valence-corrected chi connectivity index (χ4v) is 3.39. The molecule has 1 saturated heterocycles. The van der Waals surface area contributed by atoms with Crippen LogP contribution in [0.25, 0.3) is 0 Å². The van der Waals surface area contributed by atoms with Crippen molar-refractivity contribution in [1.82, 2.24) is 15.2 Å². The number of likely N-dealkylation sites (tertiary alicyclic amines) is 1. The Morgan fingerprint density at radius 1 is 1.21 bits per heavy atom. The fraction of sp³-hybridized carbons (Fsp3) is 0.611. The van der Waals surface area contributed by atoms with Crippen LogP contribution in [0.15, 0.2) is 0 Å². The second-order valence-corrected chi connectivity index (χ2v) is 8.43. The first-order chi connectivity index (χ1) is 12.9. The molecule has 1 aliphatic rings. The molecule has 2 heterocycles. The van der Waals surface area contributed by atoms with Crippen molar-refractivity contribution in [3.05, 3.63) is 21.4 Å². The second-order valence-electron chi connectivity index (χ2n) is 7.68. The molecule has 0 aromatic carbocycles. The number of H-pyrrole nitrogens is 1. The highest BCUT2D eigenvalue weighted by molar-refractivity contribution is 6.44. The van der Waals surface area contributed by atoms with Gasteiger partial charge in [-0.25, -0.2) is 4.79 Å². The monoisotopic (exact) mass is 433 g/mol. The molecule has 2 amide bonds. The van der Waals surface area contributed by atoms with Crippen LogP contribution in [0.1, 0.15) is 43.4 Å². The number of aromatic amines is 1. The molecule has 0 radical (unpaired) electrons. The maximum absolute atomic E-state index is 12.6. The first-order valence-electron chi connectivity index (χ1n) is 8.84. The van der Waals surface area contributed by atoms with Crippen LogP contribution in [0.5, 0.6) is 0 Å². The van der Waals surface area contributed by atoms with Gasteiger partial charge in [0.25, 0.3) is 5.91 Å². The van der Waals surface area contributed by atoms with Crippen LogP contribution in [-0.4, -0.2) is 59.7 Å². The molecule has 1 aliphatic heterocycles. The quantitative estimate of drug-likeness (QED) is 0.712. The molecular formula is C18H25Cl2N3O5. The molecule has 1 fully saturated rings. The number of nitrogens with one attached hydrogen (secondary N) is 2. The lowest BCUT2D eigenvalue weighted by Crippen LogP contribution is -2.55. The summed E-state index contributed by atoms with van der Waals surface area (Å²) in [6.45, 7) is 7.40. The molecule has 0 spiro atoms. The van der Waals surface area contributed by atoms with Crippen molar-refractivity contribution in [2.75, 3.05) is 20.2 Å². The van der Waals surface area contributed by atoms with Gasteiger partial charge in [0.05, 0.1) is 23.1 Å². The number of carbonyl (C=O) groups is 3.